The van der Waals surface area contributed by atoms with Crippen molar-refractivity contribution in [3.63, 3.8) is 0 Å². The lowest BCUT2D eigenvalue weighted by atomic mass is 10.00. The van der Waals surface area contributed by atoms with E-state index in [2.05, 4.69) is 0 Å². The minimum Gasteiger partial charge on any atom is -0.491 e. The van der Waals surface area contributed by atoms with Crippen LogP contribution in [0.5, 0.6) is 11.5 Å². The van der Waals surface area contributed by atoms with Crippen molar-refractivity contribution in [1.82, 2.24) is 0 Å². The van der Waals surface area contributed by atoms with Crippen molar-refractivity contribution in [3.8, 4) is 11.5 Å². The van der Waals surface area contributed by atoms with E-state index in [9.17, 15) is 9.59 Å². The second-order valence-corrected chi connectivity index (χ2v) is 6.80. The molecule has 1 aliphatic rings. The highest BCUT2D eigenvalue weighted by Gasteiger charge is 2.42. The van der Waals surface area contributed by atoms with Crippen molar-refractivity contribution in [3.05, 3.63) is 54.6 Å². The molecule has 0 radical (unpaired) electrons. The number of nitrogens with zero attached hydrogens (tertiary/aromatic N) is 1. The first-order chi connectivity index (χ1) is 13.5. The molecular formula is C22H25NO5. The van der Waals surface area contributed by atoms with Gasteiger partial charge in [-0.05, 0) is 43.3 Å². The molecule has 6 heteroatoms. The number of hydrogen-bond donors (Lipinski definition) is 0. The summed E-state index contributed by atoms with van der Waals surface area (Å²) >= 11 is 0. The lowest BCUT2D eigenvalue weighted by molar-refractivity contribution is -0.122. The second-order valence-electron chi connectivity index (χ2n) is 6.80. The van der Waals surface area contributed by atoms with E-state index in [-0.39, 0.29) is 23.7 Å². The van der Waals surface area contributed by atoms with Crippen molar-refractivity contribution in [2.24, 2.45) is 11.8 Å². The van der Waals surface area contributed by atoms with Gasteiger partial charge in [-0.1, -0.05) is 32.0 Å². The number of imide groups is 1. The van der Waals surface area contributed by atoms with Crippen LogP contribution < -0.4 is 14.4 Å². The summed E-state index contributed by atoms with van der Waals surface area (Å²) < 4.78 is 16.9. The Balaban J connectivity index is 1.47. The Kier molecular flexibility index (Phi) is 6.31. The standard InChI is InChI=1S/C22H25NO5/c1-15-16(2)22(25)23(21(15)24)18-9-11-20(12-10-18)28-17(3)26-13-14-27-19-7-5-4-6-8-19/h4-12,15-17H,13-14H2,1-3H3. The smallest absolute Gasteiger partial charge is 0.237 e. The summed E-state index contributed by atoms with van der Waals surface area (Å²) in [5, 5.41) is 0. The summed E-state index contributed by atoms with van der Waals surface area (Å²) in [6.07, 6.45) is -0.458. The average molecular weight is 383 g/mol. The van der Waals surface area contributed by atoms with Gasteiger partial charge in [0.05, 0.1) is 12.3 Å². The third kappa shape index (κ3) is 4.51. The Hall–Kier alpha value is -2.86. The number of amides is 2. The molecule has 148 valence electrons. The lowest BCUT2D eigenvalue weighted by Gasteiger charge is -2.18. The molecule has 3 atom stereocenters. The van der Waals surface area contributed by atoms with Crippen LogP contribution in [0, 0.1) is 11.8 Å². The van der Waals surface area contributed by atoms with E-state index in [1.807, 2.05) is 30.3 Å². The Bertz CT molecular complexity index is 785. The number of benzene rings is 2. The summed E-state index contributed by atoms with van der Waals surface area (Å²) in [5.41, 5.74) is 0.559. The lowest BCUT2D eigenvalue weighted by Crippen LogP contribution is -2.30. The van der Waals surface area contributed by atoms with Gasteiger partial charge in [-0.2, -0.15) is 0 Å². The zero-order valence-corrected chi connectivity index (χ0v) is 16.3. The van der Waals surface area contributed by atoms with Crippen LogP contribution >= 0.6 is 0 Å². The molecular weight excluding hydrogens is 358 g/mol. The van der Waals surface area contributed by atoms with Crippen LogP contribution in [0.25, 0.3) is 0 Å². The number of para-hydroxylation sites is 1. The van der Waals surface area contributed by atoms with Gasteiger partial charge in [0.25, 0.3) is 0 Å². The summed E-state index contributed by atoms with van der Waals surface area (Å²) in [6, 6.07) is 16.4. The van der Waals surface area contributed by atoms with Gasteiger partial charge in [0.2, 0.25) is 11.8 Å². The number of hydrogen-bond acceptors (Lipinski definition) is 5. The first-order valence-electron chi connectivity index (χ1n) is 9.41. The number of carbonyl (C=O) groups excluding carboxylic acids is 2. The van der Waals surface area contributed by atoms with Crippen molar-refractivity contribution in [2.75, 3.05) is 18.1 Å². The molecule has 1 saturated heterocycles. The van der Waals surface area contributed by atoms with Crippen LogP contribution in [0.15, 0.2) is 54.6 Å². The summed E-state index contributed by atoms with van der Waals surface area (Å²) in [5.74, 6) is 0.470. The molecule has 0 saturated carbocycles. The molecule has 0 bridgehead atoms. The Labute approximate surface area is 165 Å². The Morgan fingerprint density at radius 3 is 2.07 bits per heavy atom. The topological polar surface area (TPSA) is 65.1 Å². The monoisotopic (exact) mass is 383 g/mol. The molecule has 0 spiro atoms. The van der Waals surface area contributed by atoms with Gasteiger partial charge in [0, 0.05) is 11.8 Å². The molecule has 2 amide bonds. The molecule has 1 aliphatic heterocycles. The number of rotatable bonds is 8. The second kappa shape index (κ2) is 8.89. The minimum atomic E-state index is -0.458. The first-order valence-corrected chi connectivity index (χ1v) is 9.41. The maximum atomic E-state index is 12.3. The van der Waals surface area contributed by atoms with Gasteiger partial charge in [-0.3, -0.25) is 14.5 Å². The maximum absolute atomic E-state index is 12.3. The van der Waals surface area contributed by atoms with Crippen molar-refractivity contribution in [1.29, 1.82) is 0 Å². The van der Waals surface area contributed by atoms with E-state index in [0.29, 0.717) is 24.7 Å². The molecule has 2 aromatic carbocycles. The van der Waals surface area contributed by atoms with Gasteiger partial charge < -0.3 is 14.2 Å². The number of ether oxygens (including phenoxy) is 3. The summed E-state index contributed by atoms with van der Waals surface area (Å²) in [4.78, 5) is 25.8. The molecule has 1 fully saturated rings. The number of anilines is 1. The Morgan fingerprint density at radius 1 is 0.857 bits per heavy atom. The zero-order valence-electron chi connectivity index (χ0n) is 16.3. The van der Waals surface area contributed by atoms with Crippen LogP contribution in [-0.4, -0.2) is 31.3 Å². The summed E-state index contributed by atoms with van der Waals surface area (Å²) in [6.45, 7) is 6.17. The molecule has 3 rings (SSSR count). The molecule has 1 heterocycles. The third-order valence-electron chi connectivity index (χ3n) is 4.81. The van der Waals surface area contributed by atoms with Crippen LogP contribution in [-0.2, 0) is 14.3 Å². The molecule has 3 unspecified atom stereocenters. The van der Waals surface area contributed by atoms with Gasteiger partial charge in [-0.15, -0.1) is 0 Å². The van der Waals surface area contributed by atoms with Crippen molar-refractivity contribution in [2.45, 2.75) is 27.1 Å². The predicted molar refractivity (Wildman–Crippen MR) is 105 cm³/mol. The van der Waals surface area contributed by atoms with Gasteiger partial charge in [-0.25, -0.2) is 0 Å². The molecule has 0 aromatic heterocycles. The van der Waals surface area contributed by atoms with Gasteiger partial charge >= 0.3 is 0 Å². The SMILES string of the molecule is CC(OCCOc1ccccc1)Oc1ccc(N2C(=O)C(C)C(C)C2=O)cc1. The molecule has 0 aliphatic carbocycles. The quantitative estimate of drug-likeness (QED) is 0.395. The van der Waals surface area contributed by atoms with Gasteiger partial charge in [0.1, 0.15) is 18.1 Å². The molecule has 6 nitrogen and oxygen atoms in total. The third-order valence-corrected chi connectivity index (χ3v) is 4.81. The highest BCUT2D eigenvalue weighted by molar-refractivity contribution is 6.21. The molecule has 0 N–H and O–H groups in total. The van der Waals surface area contributed by atoms with E-state index in [0.717, 1.165) is 5.75 Å². The average Bonchev–Trinajstić information content (AvgIpc) is 2.90. The fourth-order valence-electron chi connectivity index (χ4n) is 2.99. The largest absolute Gasteiger partial charge is 0.491 e. The van der Waals surface area contributed by atoms with Crippen molar-refractivity contribution < 1.29 is 23.8 Å². The fraction of sp³-hybridized carbons (Fsp3) is 0.364. The van der Waals surface area contributed by atoms with Gasteiger partial charge in [0.15, 0.2) is 6.29 Å². The highest BCUT2D eigenvalue weighted by Crippen LogP contribution is 2.31. The van der Waals surface area contributed by atoms with Crippen molar-refractivity contribution >= 4 is 17.5 Å². The fourth-order valence-corrected chi connectivity index (χ4v) is 2.99. The van der Waals surface area contributed by atoms with E-state index in [1.54, 1.807) is 45.0 Å². The first kappa shape index (κ1) is 19.9. The number of carbonyl (C=O) groups is 2. The maximum Gasteiger partial charge on any atom is 0.237 e. The van der Waals surface area contributed by atoms with E-state index in [4.69, 9.17) is 14.2 Å². The highest BCUT2D eigenvalue weighted by atomic mass is 16.7. The summed E-state index contributed by atoms with van der Waals surface area (Å²) in [7, 11) is 0. The van der Waals surface area contributed by atoms with E-state index in [1.165, 1.54) is 4.90 Å². The van der Waals surface area contributed by atoms with E-state index < -0.39 is 6.29 Å². The molecule has 2 aromatic rings. The van der Waals surface area contributed by atoms with E-state index >= 15 is 0 Å². The van der Waals surface area contributed by atoms with Crippen LogP contribution in [0.4, 0.5) is 5.69 Å². The minimum absolute atomic E-state index is 0.165. The van der Waals surface area contributed by atoms with Crippen LogP contribution in [0.1, 0.15) is 20.8 Å². The zero-order chi connectivity index (χ0) is 20.1. The van der Waals surface area contributed by atoms with Crippen LogP contribution in [0.3, 0.4) is 0 Å². The normalized spacial score (nSPS) is 20.3. The van der Waals surface area contributed by atoms with Crippen LogP contribution in [0.2, 0.25) is 0 Å². The predicted octanol–water partition coefficient (Wildman–Crippen LogP) is 3.65. The Morgan fingerprint density at radius 2 is 1.46 bits per heavy atom. The molecule has 28 heavy (non-hydrogen) atoms.